The zero-order valence-corrected chi connectivity index (χ0v) is 12.0. The number of rotatable bonds is 3. The molecule has 90 valence electrons. The Morgan fingerprint density at radius 2 is 2.24 bits per heavy atom. The largest absolute Gasteiger partial charge is 0.445 e. The standard InChI is InChI=1S/C10H8Br2N2O3/c1-16-4-5-2-8(15)14-10(13-5)7-3-6(11)9(12)17-7/h2-3H,4H2,1H3,(H,13,14,15). The van der Waals surface area contributed by atoms with E-state index in [9.17, 15) is 4.79 Å². The highest BCUT2D eigenvalue weighted by Crippen LogP contribution is 2.30. The van der Waals surface area contributed by atoms with Gasteiger partial charge in [-0.2, -0.15) is 0 Å². The minimum Gasteiger partial charge on any atom is -0.445 e. The molecule has 0 spiro atoms. The monoisotopic (exact) mass is 362 g/mol. The molecule has 0 atom stereocenters. The van der Waals surface area contributed by atoms with E-state index in [2.05, 4.69) is 41.8 Å². The molecule has 5 nitrogen and oxygen atoms in total. The second-order valence-electron chi connectivity index (χ2n) is 3.25. The molecule has 0 aliphatic carbocycles. The van der Waals surface area contributed by atoms with Gasteiger partial charge in [0.2, 0.25) is 0 Å². The van der Waals surface area contributed by atoms with Crippen LogP contribution in [0.15, 0.2) is 30.5 Å². The SMILES string of the molecule is COCc1cc(=O)[nH]c(-c2cc(Br)c(Br)o2)n1. The van der Waals surface area contributed by atoms with Crippen LogP contribution >= 0.6 is 31.9 Å². The summed E-state index contributed by atoms with van der Waals surface area (Å²) in [5.74, 6) is 0.842. The first-order valence-corrected chi connectivity index (χ1v) is 6.23. The molecule has 2 aromatic rings. The summed E-state index contributed by atoms with van der Waals surface area (Å²) in [6.45, 7) is 0.278. The van der Waals surface area contributed by atoms with E-state index >= 15 is 0 Å². The first-order valence-electron chi connectivity index (χ1n) is 4.64. The molecule has 0 aromatic carbocycles. The Balaban J connectivity index is 2.47. The smallest absolute Gasteiger partial charge is 0.251 e. The molecule has 0 saturated heterocycles. The number of furan rings is 1. The van der Waals surface area contributed by atoms with Crippen LogP contribution in [0.2, 0.25) is 0 Å². The van der Waals surface area contributed by atoms with Crippen LogP contribution in [0.1, 0.15) is 5.69 Å². The number of methoxy groups -OCH3 is 1. The summed E-state index contributed by atoms with van der Waals surface area (Å²) in [5.41, 5.74) is 0.306. The predicted molar refractivity (Wildman–Crippen MR) is 68.7 cm³/mol. The van der Waals surface area contributed by atoms with Crippen LogP contribution in [0.3, 0.4) is 0 Å². The molecule has 0 amide bonds. The van der Waals surface area contributed by atoms with Gasteiger partial charge in [0.05, 0.1) is 16.8 Å². The molecular weight excluding hydrogens is 356 g/mol. The van der Waals surface area contributed by atoms with E-state index in [0.29, 0.717) is 21.9 Å². The van der Waals surface area contributed by atoms with Crippen LogP contribution < -0.4 is 5.56 Å². The van der Waals surface area contributed by atoms with E-state index in [1.807, 2.05) is 0 Å². The predicted octanol–water partition coefficient (Wildman–Crippen LogP) is 2.70. The number of hydrogen-bond donors (Lipinski definition) is 1. The summed E-state index contributed by atoms with van der Waals surface area (Å²) in [5, 5.41) is 0. The third-order valence-corrected chi connectivity index (χ3v) is 3.68. The summed E-state index contributed by atoms with van der Waals surface area (Å²) in [6, 6.07) is 3.11. The second kappa shape index (κ2) is 5.16. The van der Waals surface area contributed by atoms with Crippen molar-refractivity contribution in [3.63, 3.8) is 0 Å². The molecule has 2 heterocycles. The van der Waals surface area contributed by atoms with E-state index < -0.39 is 0 Å². The van der Waals surface area contributed by atoms with Crippen LogP contribution in [-0.4, -0.2) is 17.1 Å². The molecule has 0 bridgehead atoms. The minimum absolute atomic E-state index is 0.245. The number of hydrogen-bond acceptors (Lipinski definition) is 4. The van der Waals surface area contributed by atoms with Gasteiger partial charge in [-0.3, -0.25) is 4.79 Å². The lowest BCUT2D eigenvalue weighted by Crippen LogP contribution is -2.10. The average molecular weight is 364 g/mol. The maximum atomic E-state index is 11.4. The highest BCUT2D eigenvalue weighted by molar-refractivity contribution is 9.13. The molecule has 0 fully saturated rings. The number of aromatic amines is 1. The molecule has 0 saturated carbocycles. The number of aromatic nitrogens is 2. The van der Waals surface area contributed by atoms with Crippen molar-refractivity contribution in [2.75, 3.05) is 7.11 Å². The zero-order valence-electron chi connectivity index (χ0n) is 8.79. The Morgan fingerprint density at radius 3 is 2.82 bits per heavy atom. The fourth-order valence-corrected chi connectivity index (χ4v) is 1.89. The normalized spacial score (nSPS) is 10.8. The van der Waals surface area contributed by atoms with E-state index in [1.165, 1.54) is 6.07 Å². The Kier molecular flexibility index (Phi) is 3.80. The molecule has 0 aliphatic heterocycles. The lowest BCUT2D eigenvalue weighted by Gasteiger charge is -2.00. The van der Waals surface area contributed by atoms with Crippen molar-refractivity contribution in [2.24, 2.45) is 0 Å². The van der Waals surface area contributed by atoms with Crippen molar-refractivity contribution in [3.8, 4) is 11.6 Å². The maximum absolute atomic E-state index is 11.4. The molecule has 2 rings (SSSR count). The first-order chi connectivity index (χ1) is 8.10. The van der Waals surface area contributed by atoms with E-state index in [4.69, 9.17) is 9.15 Å². The van der Waals surface area contributed by atoms with Crippen molar-refractivity contribution in [1.82, 2.24) is 9.97 Å². The topological polar surface area (TPSA) is 68.1 Å². The summed E-state index contributed by atoms with van der Waals surface area (Å²) in [7, 11) is 1.54. The molecule has 0 radical (unpaired) electrons. The molecule has 7 heteroatoms. The zero-order chi connectivity index (χ0) is 12.4. The maximum Gasteiger partial charge on any atom is 0.251 e. The Morgan fingerprint density at radius 1 is 1.47 bits per heavy atom. The van der Waals surface area contributed by atoms with Crippen molar-refractivity contribution in [3.05, 3.63) is 37.3 Å². The lowest BCUT2D eigenvalue weighted by molar-refractivity contribution is 0.181. The highest BCUT2D eigenvalue weighted by Gasteiger charge is 2.11. The van der Waals surface area contributed by atoms with Gasteiger partial charge in [0.1, 0.15) is 0 Å². The van der Waals surface area contributed by atoms with Crippen LogP contribution in [0, 0.1) is 0 Å². The molecule has 1 N–H and O–H groups in total. The summed E-state index contributed by atoms with van der Waals surface area (Å²) in [4.78, 5) is 18.3. The number of halogens is 2. The van der Waals surface area contributed by atoms with Crippen molar-refractivity contribution in [2.45, 2.75) is 6.61 Å². The van der Waals surface area contributed by atoms with Gasteiger partial charge in [0.15, 0.2) is 16.3 Å². The summed E-state index contributed by atoms with van der Waals surface area (Å²) >= 11 is 6.52. The van der Waals surface area contributed by atoms with Crippen molar-refractivity contribution >= 4 is 31.9 Å². The number of nitrogens with zero attached hydrogens (tertiary/aromatic N) is 1. The minimum atomic E-state index is -0.245. The molecular formula is C10H8Br2N2O3. The highest BCUT2D eigenvalue weighted by atomic mass is 79.9. The molecule has 17 heavy (non-hydrogen) atoms. The lowest BCUT2D eigenvalue weighted by atomic mass is 10.3. The molecule has 0 aliphatic rings. The summed E-state index contributed by atoms with van der Waals surface area (Å²) < 4.78 is 11.6. The van der Waals surface area contributed by atoms with Gasteiger partial charge in [-0.05, 0) is 31.9 Å². The Labute approximate surface area is 113 Å². The summed E-state index contributed by atoms with van der Waals surface area (Å²) in [6.07, 6.45) is 0. The quantitative estimate of drug-likeness (QED) is 0.910. The van der Waals surface area contributed by atoms with Gasteiger partial charge >= 0.3 is 0 Å². The number of H-pyrrole nitrogens is 1. The number of nitrogens with one attached hydrogen (secondary N) is 1. The third-order valence-electron chi connectivity index (χ3n) is 1.97. The first kappa shape index (κ1) is 12.5. The van der Waals surface area contributed by atoms with Gasteiger partial charge in [-0.25, -0.2) is 4.98 Å². The third kappa shape index (κ3) is 2.85. The fraction of sp³-hybridized carbons (Fsp3) is 0.200. The van der Waals surface area contributed by atoms with E-state index in [-0.39, 0.29) is 12.2 Å². The molecule has 2 aromatic heterocycles. The van der Waals surface area contributed by atoms with Crippen molar-refractivity contribution < 1.29 is 9.15 Å². The Hall–Kier alpha value is -0.920. The van der Waals surface area contributed by atoms with Crippen LogP contribution in [0.5, 0.6) is 0 Å². The van der Waals surface area contributed by atoms with Crippen LogP contribution in [-0.2, 0) is 11.3 Å². The van der Waals surface area contributed by atoms with Crippen molar-refractivity contribution in [1.29, 1.82) is 0 Å². The Bertz CT molecular complexity index is 572. The van der Waals surface area contributed by atoms with Gasteiger partial charge < -0.3 is 14.1 Å². The average Bonchev–Trinajstić information content (AvgIpc) is 2.59. The van der Waals surface area contributed by atoms with Crippen LogP contribution in [0.4, 0.5) is 0 Å². The van der Waals surface area contributed by atoms with E-state index in [1.54, 1.807) is 13.2 Å². The number of ether oxygens (including phenoxy) is 1. The van der Waals surface area contributed by atoms with Crippen LogP contribution in [0.25, 0.3) is 11.6 Å². The van der Waals surface area contributed by atoms with Gasteiger partial charge in [0.25, 0.3) is 5.56 Å². The fourth-order valence-electron chi connectivity index (χ4n) is 1.31. The second-order valence-corrected chi connectivity index (χ2v) is 4.83. The van der Waals surface area contributed by atoms with Gasteiger partial charge in [-0.1, -0.05) is 0 Å². The van der Waals surface area contributed by atoms with Gasteiger partial charge in [0, 0.05) is 19.2 Å². The van der Waals surface area contributed by atoms with Gasteiger partial charge in [-0.15, -0.1) is 0 Å². The molecule has 0 unspecified atom stereocenters. The van der Waals surface area contributed by atoms with E-state index in [0.717, 1.165) is 4.47 Å².